The quantitative estimate of drug-likeness (QED) is 0.518. The number of halogens is 1. The third-order valence-electron chi connectivity index (χ3n) is 4.73. The van der Waals surface area contributed by atoms with E-state index in [-0.39, 0.29) is 5.91 Å². The van der Waals surface area contributed by atoms with Crippen molar-refractivity contribution in [2.75, 3.05) is 6.54 Å². The van der Waals surface area contributed by atoms with Crippen LogP contribution in [0.25, 0.3) is 21.8 Å². The van der Waals surface area contributed by atoms with E-state index in [2.05, 4.69) is 27.0 Å². The van der Waals surface area contributed by atoms with Crippen LogP contribution in [0, 0.1) is 0 Å². The van der Waals surface area contributed by atoms with E-state index in [9.17, 15) is 4.79 Å². The molecule has 0 radical (unpaired) electrons. The van der Waals surface area contributed by atoms with Crippen LogP contribution in [0.1, 0.15) is 12.0 Å². The summed E-state index contributed by atoms with van der Waals surface area (Å²) in [5.74, 6) is 0.0636. The summed E-state index contributed by atoms with van der Waals surface area (Å²) in [7, 11) is 0. The Morgan fingerprint density at radius 2 is 1.96 bits per heavy atom. The van der Waals surface area contributed by atoms with E-state index in [4.69, 9.17) is 11.6 Å². The van der Waals surface area contributed by atoms with Crippen LogP contribution in [-0.4, -0.2) is 22.0 Å². The van der Waals surface area contributed by atoms with Gasteiger partial charge in [0, 0.05) is 58.7 Å². The summed E-state index contributed by atoms with van der Waals surface area (Å²) >= 11 is 6.20. The third-order valence-corrected chi connectivity index (χ3v) is 5.06. The molecule has 0 bridgehead atoms. The lowest BCUT2D eigenvalue weighted by molar-refractivity contribution is -0.121. The summed E-state index contributed by atoms with van der Waals surface area (Å²) in [4.78, 5) is 15.4. The second-order valence-electron chi connectivity index (χ2n) is 6.39. The monoisotopic (exact) mass is 365 g/mol. The molecule has 4 rings (SSSR count). The second kappa shape index (κ2) is 7.26. The minimum Gasteiger partial charge on any atom is -0.361 e. The molecule has 5 heteroatoms. The molecule has 2 heterocycles. The Morgan fingerprint density at radius 1 is 1.08 bits per heavy atom. The number of hydrogen-bond donors (Lipinski definition) is 2. The first-order valence-corrected chi connectivity index (χ1v) is 9.15. The molecule has 4 nitrogen and oxygen atoms in total. The fourth-order valence-electron chi connectivity index (χ4n) is 3.37. The Morgan fingerprint density at radius 3 is 2.88 bits per heavy atom. The van der Waals surface area contributed by atoms with Crippen molar-refractivity contribution in [1.82, 2.24) is 14.9 Å². The molecule has 4 aromatic rings. The maximum atomic E-state index is 12.2. The molecule has 0 aliphatic heterocycles. The predicted octanol–water partition coefficient (Wildman–Crippen LogP) is 4.53. The number of rotatable bonds is 6. The molecule has 0 saturated carbocycles. The molecule has 0 spiro atoms. The zero-order chi connectivity index (χ0) is 17.9. The third kappa shape index (κ3) is 3.33. The fraction of sp³-hybridized carbons (Fsp3) is 0.190. The standard InChI is InChI=1S/C21H20ClN3O/c22-18-5-3-7-20-17(18)9-12-25(20)13-10-21(26)23-11-8-15-14-24-19-6-2-1-4-16(15)19/h1-7,9,12,14,24H,8,10-11,13H2,(H,23,26). The molecule has 0 aliphatic rings. The number of aryl methyl sites for hydroxylation is 1. The van der Waals surface area contributed by atoms with Crippen LogP contribution in [0.5, 0.6) is 0 Å². The fourth-order valence-corrected chi connectivity index (χ4v) is 3.60. The van der Waals surface area contributed by atoms with Gasteiger partial charge in [0.2, 0.25) is 5.91 Å². The molecule has 0 unspecified atom stereocenters. The minimum atomic E-state index is 0.0636. The molecule has 2 N–H and O–H groups in total. The van der Waals surface area contributed by atoms with Crippen molar-refractivity contribution in [1.29, 1.82) is 0 Å². The normalized spacial score (nSPS) is 11.3. The van der Waals surface area contributed by atoms with Crippen LogP contribution in [0.15, 0.2) is 60.9 Å². The lowest BCUT2D eigenvalue weighted by Gasteiger charge is -2.07. The first-order chi connectivity index (χ1) is 12.7. The van der Waals surface area contributed by atoms with Crippen LogP contribution >= 0.6 is 11.6 Å². The van der Waals surface area contributed by atoms with Gasteiger partial charge in [-0.15, -0.1) is 0 Å². The Kier molecular flexibility index (Phi) is 4.67. The van der Waals surface area contributed by atoms with Crippen LogP contribution < -0.4 is 5.32 Å². The molecule has 2 aromatic heterocycles. The molecule has 26 heavy (non-hydrogen) atoms. The van der Waals surface area contributed by atoms with Gasteiger partial charge in [-0.3, -0.25) is 4.79 Å². The number of amides is 1. The number of nitrogens with zero attached hydrogens (tertiary/aromatic N) is 1. The van der Waals surface area contributed by atoms with Crippen molar-refractivity contribution in [3.8, 4) is 0 Å². The summed E-state index contributed by atoms with van der Waals surface area (Å²) < 4.78 is 2.07. The van der Waals surface area contributed by atoms with Crippen LogP contribution in [0.4, 0.5) is 0 Å². The van der Waals surface area contributed by atoms with Gasteiger partial charge < -0.3 is 14.9 Å². The highest BCUT2D eigenvalue weighted by Crippen LogP contribution is 2.24. The number of nitrogens with one attached hydrogen (secondary N) is 2. The highest BCUT2D eigenvalue weighted by Gasteiger charge is 2.07. The minimum absolute atomic E-state index is 0.0636. The number of hydrogen-bond acceptors (Lipinski definition) is 1. The van der Waals surface area contributed by atoms with E-state index in [0.29, 0.717) is 19.5 Å². The van der Waals surface area contributed by atoms with Gasteiger partial charge in [0.1, 0.15) is 0 Å². The maximum absolute atomic E-state index is 12.2. The molecule has 0 fully saturated rings. The van der Waals surface area contributed by atoms with Gasteiger partial charge in [0.05, 0.1) is 0 Å². The SMILES string of the molecule is O=C(CCn1ccc2c(Cl)cccc21)NCCc1c[nH]c2ccccc12. The van der Waals surface area contributed by atoms with Crippen LogP contribution in [-0.2, 0) is 17.8 Å². The molecule has 0 aliphatic carbocycles. The van der Waals surface area contributed by atoms with Crippen molar-refractivity contribution in [3.05, 3.63) is 71.5 Å². The van der Waals surface area contributed by atoms with Gasteiger partial charge in [-0.25, -0.2) is 0 Å². The van der Waals surface area contributed by atoms with Gasteiger partial charge in [-0.1, -0.05) is 35.9 Å². The first kappa shape index (κ1) is 16.7. The van der Waals surface area contributed by atoms with Gasteiger partial charge in [0.15, 0.2) is 0 Å². The number of aromatic nitrogens is 2. The number of H-pyrrole nitrogens is 1. The maximum Gasteiger partial charge on any atom is 0.221 e. The van der Waals surface area contributed by atoms with Gasteiger partial charge in [-0.2, -0.15) is 0 Å². The van der Waals surface area contributed by atoms with Crippen molar-refractivity contribution in [2.45, 2.75) is 19.4 Å². The van der Waals surface area contributed by atoms with E-state index in [1.807, 2.05) is 48.8 Å². The topological polar surface area (TPSA) is 49.8 Å². The number of benzene rings is 2. The number of fused-ring (bicyclic) bond motifs is 2. The molecule has 1 amide bonds. The highest BCUT2D eigenvalue weighted by molar-refractivity contribution is 6.35. The summed E-state index contributed by atoms with van der Waals surface area (Å²) in [5.41, 5.74) is 3.42. The Labute approximate surface area is 156 Å². The number of carbonyl (C=O) groups is 1. The van der Waals surface area contributed by atoms with E-state index in [0.717, 1.165) is 27.9 Å². The average molecular weight is 366 g/mol. The van der Waals surface area contributed by atoms with Gasteiger partial charge in [-0.05, 0) is 36.2 Å². The Hall–Kier alpha value is -2.72. The summed E-state index contributed by atoms with van der Waals surface area (Å²) in [6, 6.07) is 16.0. The predicted molar refractivity (Wildman–Crippen MR) is 107 cm³/mol. The number of para-hydroxylation sites is 1. The summed E-state index contributed by atoms with van der Waals surface area (Å²) in [6.07, 6.45) is 5.27. The molecule has 0 atom stereocenters. The first-order valence-electron chi connectivity index (χ1n) is 8.77. The molecular formula is C21H20ClN3O. The van der Waals surface area contributed by atoms with Gasteiger partial charge >= 0.3 is 0 Å². The van der Waals surface area contributed by atoms with Crippen molar-refractivity contribution in [2.24, 2.45) is 0 Å². The van der Waals surface area contributed by atoms with E-state index < -0.39 is 0 Å². The number of aromatic amines is 1. The highest BCUT2D eigenvalue weighted by atomic mass is 35.5. The van der Waals surface area contributed by atoms with Crippen molar-refractivity contribution < 1.29 is 4.79 Å². The van der Waals surface area contributed by atoms with Crippen molar-refractivity contribution in [3.63, 3.8) is 0 Å². The second-order valence-corrected chi connectivity index (χ2v) is 6.80. The van der Waals surface area contributed by atoms with Crippen molar-refractivity contribution >= 4 is 39.3 Å². The van der Waals surface area contributed by atoms with Crippen LogP contribution in [0.3, 0.4) is 0 Å². The smallest absolute Gasteiger partial charge is 0.221 e. The average Bonchev–Trinajstić information content (AvgIpc) is 3.25. The molecule has 2 aromatic carbocycles. The zero-order valence-electron chi connectivity index (χ0n) is 14.3. The lowest BCUT2D eigenvalue weighted by atomic mass is 10.1. The van der Waals surface area contributed by atoms with E-state index in [1.165, 1.54) is 10.9 Å². The Bertz CT molecular complexity index is 1060. The van der Waals surface area contributed by atoms with Gasteiger partial charge in [0.25, 0.3) is 0 Å². The number of carbonyl (C=O) groups excluding carboxylic acids is 1. The molecule has 0 saturated heterocycles. The zero-order valence-corrected chi connectivity index (χ0v) is 15.1. The Balaban J connectivity index is 1.31. The lowest BCUT2D eigenvalue weighted by Crippen LogP contribution is -2.26. The molecular weight excluding hydrogens is 346 g/mol. The van der Waals surface area contributed by atoms with E-state index >= 15 is 0 Å². The summed E-state index contributed by atoms with van der Waals surface area (Å²) in [6.45, 7) is 1.28. The molecule has 132 valence electrons. The summed E-state index contributed by atoms with van der Waals surface area (Å²) in [5, 5.41) is 6.00. The largest absolute Gasteiger partial charge is 0.361 e. The van der Waals surface area contributed by atoms with E-state index in [1.54, 1.807) is 0 Å². The van der Waals surface area contributed by atoms with Crippen LogP contribution in [0.2, 0.25) is 5.02 Å².